The summed E-state index contributed by atoms with van der Waals surface area (Å²) in [7, 11) is 1.73. The first-order valence-electron chi connectivity index (χ1n) is 3.70. The van der Waals surface area contributed by atoms with E-state index in [1.165, 1.54) is 6.08 Å². The molecule has 0 spiro atoms. The van der Waals surface area contributed by atoms with Gasteiger partial charge in [-0.1, -0.05) is 6.58 Å². The lowest BCUT2D eigenvalue weighted by atomic mass is 10.6. The zero-order chi connectivity index (χ0) is 9.40. The minimum absolute atomic E-state index is 0.157. The summed E-state index contributed by atoms with van der Waals surface area (Å²) in [6.07, 6.45) is 1.25. The maximum Gasteiger partial charge on any atom is 0.322 e. The number of nitrogens with one attached hydrogen (secondary N) is 1. The summed E-state index contributed by atoms with van der Waals surface area (Å²) in [6.45, 7) is 3.92. The normalized spacial score (nSPS) is 9.92. The van der Waals surface area contributed by atoms with Gasteiger partial charge in [0.25, 0.3) is 0 Å². The van der Waals surface area contributed by atoms with Gasteiger partial charge in [0.05, 0.1) is 0 Å². The molecule has 0 aromatic carbocycles. The first-order valence-corrected chi connectivity index (χ1v) is 5.46. The molecule has 0 heterocycles. The van der Waals surface area contributed by atoms with Crippen molar-refractivity contribution in [3.05, 3.63) is 12.7 Å². The van der Waals surface area contributed by atoms with Crippen molar-refractivity contribution in [3.63, 3.8) is 0 Å². The summed E-state index contributed by atoms with van der Waals surface area (Å²) in [6, 6.07) is 0.770. The van der Waals surface area contributed by atoms with Crippen LogP contribution in [0.4, 0.5) is 0 Å². The van der Waals surface area contributed by atoms with Gasteiger partial charge in [0, 0.05) is 26.8 Å². The average Bonchev–Trinajstić information content (AvgIpc) is 2.12. The molecule has 0 aliphatic carbocycles. The average molecular weight is 189 g/mol. The van der Waals surface area contributed by atoms with Gasteiger partial charge in [-0.05, 0) is 6.08 Å². The fourth-order valence-electron chi connectivity index (χ4n) is 0.717. The lowest BCUT2D eigenvalue weighted by Crippen LogP contribution is -2.28. The van der Waals surface area contributed by atoms with E-state index in [0.717, 1.165) is 6.04 Å². The predicted octanol–water partition coefficient (Wildman–Crippen LogP) is -0.198. The van der Waals surface area contributed by atoms with Crippen molar-refractivity contribution in [1.82, 2.24) is 5.32 Å². The Hall–Kier alpha value is -0.653. The maximum absolute atomic E-state index is 10.7. The van der Waals surface area contributed by atoms with Crippen LogP contribution >= 0.6 is 0 Å². The number of rotatable bonds is 6. The Morgan fingerprint density at radius 1 is 1.58 bits per heavy atom. The highest BCUT2D eigenvalue weighted by atomic mass is 28.3. The monoisotopic (exact) mass is 189 g/mol. The van der Waals surface area contributed by atoms with Gasteiger partial charge in [0.1, 0.15) is 0 Å². The molecule has 4 nitrogen and oxygen atoms in total. The van der Waals surface area contributed by atoms with Crippen LogP contribution in [-0.2, 0) is 13.6 Å². The van der Waals surface area contributed by atoms with E-state index in [-0.39, 0.29) is 5.91 Å². The molecule has 0 aromatic rings. The van der Waals surface area contributed by atoms with Crippen molar-refractivity contribution in [2.75, 3.05) is 20.8 Å². The Morgan fingerprint density at radius 3 is 2.58 bits per heavy atom. The van der Waals surface area contributed by atoms with E-state index in [4.69, 9.17) is 8.85 Å². The van der Waals surface area contributed by atoms with Crippen molar-refractivity contribution in [2.45, 2.75) is 6.04 Å². The highest BCUT2D eigenvalue weighted by molar-refractivity contribution is 6.44. The van der Waals surface area contributed by atoms with Crippen molar-refractivity contribution < 1.29 is 13.6 Å². The molecule has 0 fully saturated rings. The summed E-state index contributed by atoms with van der Waals surface area (Å²) in [5.74, 6) is -0.157. The highest BCUT2D eigenvalue weighted by Gasteiger charge is 2.08. The smallest absolute Gasteiger partial charge is 0.322 e. The zero-order valence-corrected chi connectivity index (χ0v) is 8.66. The molecule has 1 N–H and O–H groups in total. The van der Waals surface area contributed by atoms with E-state index < -0.39 is 9.28 Å². The minimum Gasteiger partial charge on any atom is -0.400 e. The molecule has 0 unspecified atom stereocenters. The van der Waals surface area contributed by atoms with Crippen LogP contribution in [0, 0.1) is 0 Å². The second kappa shape index (κ2) is 7.02. The van der Waals surface area contributed by atoms with E-state index in [1.807, 2.05) is 0 Å². The van der Waals surface area contributed by atoms with Gasteiger partial charge in [0.2, 0.25) is 5.91 Å². The Labute approximate surface area is 74.4 Å². The van der Waals surface area contributed by atoms with Crippen LogP contribution in [0.15, 0.2) is 12.7 Å². The Bertz CT molecular complexity index is 148. The SMILES string of the molecule is C=CC(=O)NCC[SiH](OC)OC. The van der Waals surface area contributed by atoms with Crippen LogP contribution in [0.3, 0.4) is 0 Å². The minimum atomic E-state index is -1.51. The van der Waals surface area contributed by atoms with Gasteiger partial charge in [-0.2, -0.15) is 0 Å². The van der Waals surface area contributed by atoms with Crippen molar-refractivity contribution in [1.29, 1.82) is 0 Å². The van der Waals surface area contributed by atoms with Crippen LogP contribution in [0.2, 0.25) is 6.04 Å². The molecule has 0 aliphatic heterocycles. The second-order valence-corrected chi connectivity index (χ2v) is 4.56. The number of hydrogen-bond donors (Lipinski definition) is 1. The molecule has 0 radical (unpaired) electrons. The van der Waals surface area contributed by atoms with Crippen LogP contribution in [-0.4, -0.2) is 36.0 Å². The molecule has 0 saturated carbocycles. The van der Waals surface area contributed by atoms with Gasteiger partial charge in [0.15, 0.2) is 0 Å². The van der Waals surface area contributed by atoms with Crippen molar-refractivity contribution >= 4 is 15.2 Å². The first kappa shape index (κ1) is 11.3. The molecule has 70 valence electrons. The molecule has 0 bridgehead atoms. The lowest BCUT2D eigenvalue weighted by molar-refractivity contribution is -0.116. The van der Waals surface area contributed by atoms with Gasteiger partial charge in [-0.3, -0.25) is 4.79 Å². The van der Waals surface area contributed by atoms with Gasteiger partial charge >= 0.3 is 9.28 Å². The van der Waals surface area contributed by atoms with Gasteiger partial charge < -0.3 is 14.2 Å². The fraction of sp³-hybridized carbons (Fsp3) is 0.571. The van der Waals surface area contributed by atoms with E-state index >= 15 is 0 Å². The van der Waals surface area contributed by atoms with E-state index in [1.54, 1.807) is 14.2 Å². The molecule has 0 saturated heterocycles. The van der Waals surface area contributed by atoms with E-state index in [0.29, 0.717) is 6.54 Å². The van der Waals surface area contributed by atoms with Gasteiger partial charge in [-0.15, -0.1) is 0 Å². The molecular weight excluding hydrogens is 174 g/mol. The van der Waals surface area contributed by atoms with E-state index in [9.17, 15) is 4.79 Å². The summed E-state index contributed by atoms with van der Waals surface area (Å²) in [5, 5.41) is 2.65. The summed E-state index contributed by atoms with van der Waals surface area (Å²) in [4.78, 5) is 10.7. The van der Waals surface area contributed by atoms with E-state index in [2.05, 4.69) is 11.9 Å². The Kier molecular flexibility index (Phi) is 6.64. The van der Waals surface area contributed by atoms with Crippen LogP contribution in [0.5, 0.6) is 0 Å². The molecule has 0 aliphatic rings. The molecule has 5 heteroatoms. The van der Waals surface area contributed by atoms with Crippen LogP contribution in [0.1, 0.15) is 0 Å². The largest absolute Gasteiger partial charge is 0.400 e. The number of hydrogen-bond acceptors (Lipinski definition) is 3. The number of amides is 1. The number of carbonyl (C=O) groups is 1. The maximum atomic E-state index is 10.7. The summed E-state index contributed by atoms with van der Waals surface area (Å²) in [5.41, 5.74) is 0. The topological polar surface area (TPSA) is 47.6 Å². The molecule has 0 rings (SSSR count). The first-order chi connectivity index (χ1) is 5.74. The molecule has 0 aromatic heterocycles. The Morgan fingerprint density at radius 2 is 2.17 bits per heavy atom. The fourth-order valence-corrected chi connectivity index (χ4v) is 1.76. The standard InChI is InChI=1S/C7H15NO3Si/c1-4-7(9)8-5-6-12(10-2)11-3/h4,12H,1,5-6H2,2-3H3,(H,8,9). The Balaban J connectivity index is 3.40. The lowest BCUT2D eigenvalue weighted by Gasteiger charge is -2.10. The summed E-state index contributed by atoms with van der Waals surface area (Å²) < 4.78 is 10.1. The van der Waals surface area contributed by atoms with Crippen LogP contribution < -0.4 is 5.32 Å². The number of carbonyl (C=O) groups excluding carboxylic acids is 1. The third kappa shape index (κ3) is 5.06. The third-order valence-corrected chi connectivity index (χ3v) is 3.20. The quantitative estimate of drug-likeness (QED) is 0.465. The second-order valence-electron chi connectivity index (χ2n) is 2.18. The van der Waals surface area contributed by atoms with Crippen molar-refractivity contribution in [2.24, 2.45) is 0 Å². The summed E-state index contributed by atoms with van der Waals surface area (Å²) >= 11 is 0. The third-order valence-electron chi connectivity index (χ3n) is 1.39. The molecule has 12 heavy (non-hydrogen) atoms. The zero-order valence-electron chi connectivity index (χ0n) is 7.50. The molecule has 0 atom stereocenters. The highest BCUT2D eigenvalue weighted by Crippen LogP contribution is 1.91. The van der Waals surface area contributed by atoms with Crippen molar-refractivity contribution in [3.8, 4) is 0 Å². The molecular formula is C7H15NO3Si. The molecule has 1 amide bonds. The van der Waals surface area contributed by atoms with Gasteiger partial charge in [-0.25, -0.2) is 0 Å². The van der Waals surface area contributed by atoms with Crippen LogP contribution in [0.25, 0.3) is 0 Å². The predicted molar refractivity (Wildman–Crippen MR) is 49.2 cm³/mol.